The number of hydrogen-bond donors (Lipinski definition) is 1. The van der Waals surface area contributed by atoms with Crippen LogP contribution in [0, 0.1) is 6.92 Å². The van der Waals surface area contributed by atoms with Crippen LogP contribution < -0.4 is 5.32 Å². The van der Waals surface area contributed by atoms with Crippen LogP contribution in [0.5, 0.6) is 0 Å². The fourth-order valence-electron chi connectivity index (χ4n) is 4.97. The molecule has 2 saturated heterocycles. The highest BCUT2D eigenvalue weighted by Gasteiger charge is 2.38. The molecule has 0 radical (unpaired) electrons. The molecule has 0 saturated carbocycles. The average Bonchev–Trinajstić information content (AvgIpc) is 3.29. The summed E-state index contributed by atoms with van der Waals surface area (Å²) in [5.74, 6) is 1.79. The standard InChI is InChI=1S/C27H40N6O3S/c1-6-9-20-17-28-25(37-20)31-22-16-18(2)29-23(30-22)19-11-14-32(15-12-19)24(34)21-10-7-8-13-33(21)26(35)36-27(3,4)5/h16-17,19,21H,6-15H2,1-5H3,(H,28,29,30,31)/t21-/m0/s1. The number of amides is 2. The molecule has 2 aliphatic heterocycles. The summed E-state index contributed by atoms with van der Waals surface area (Å²) >= 11 is 1.66. The quantitative estimate of drug-likeness (QED) is 0.533. The van der Waals surface area contributed by atoms with E-state index in [-0.39, 0.29) is 11.8 Å². The minimum atomic E-state index is -0.584. The molecule has 4 heterocycles. The van der Waals surface area contributed by atoms with Gasteiger partial charge in [0.25, 0.3) is 0 Å². The molecule has 202 valence electrons. The summed E-state index contributed by atoms with van der Waals surface area (Å²) in [6.07, 6.45) is 7.78. The number of thiazole rings is 1. The van der Waals surface area contributed by atoms with Gasteiger partial charge in [0.15, 0.2) is 5.13 Å². The van der Waals surface area contributed by atoms with Crippen LogP contribution in [-0.4, -0.2) is 68.0 Å². The van der Waals surface area contributed by atoms with E-state index in [1.165, 1.54) is 4.88 Å². The fraction of sp³-hybridized carbons (Fsp3) is 0.667. The first-order valence-corrected chi connectivity index (χ1v) is 14.3. The summed E-state index contributed by atoms with van der Waals surface area (Å²) in [7, 11) is 0. The summed E-state index contributed by atoms with van der Waals surface area (Å²) in [6.45, 7) is 11.5. The Hall–Kier alpha value is -2.75. The second-order valence-electron chi connectivity index (χ2n) is 11.0. The van der Waals surface area contributed by atoms with E-state index in [0.717, 1.165) is 61.0 Å². The number of nitrogens with one attached hydrogen (secondary N) is 1. The van der Waals surface area contributed by atoms with Gasteiger partial charge in [-0.1, -0.05) is 13.3 Å². The number of anilines is 2. The molecule has 1 N–H and O–H groups in total. The molecular formula is C27H40N6O3S. The maximum atomic E-state index is 13.5. The number of aryl methyl sites for hydroxylation is 2. The van der Waals surface area contributed by atoms with Gasteiger partial charge in [-0.3, -0.25) is 9.69 Å². The molecule has 10 heteroatoms. The number of likely N-dealkylation sites (tertiary alicyclic amines) is 2. The topological polar surface area (TPSA) is 101 Å². The van der Waals surface area contributed by atoms with Crippen LogP contribution >= 0.6 is 11.3 Å². The zero-order chi connectivity index (χ0) is 26.6. The number of piperidine rings is 2. The van der Waals surface area contributed by atoms with Crippen molar-refractivity contribution in [3.05, 3.63) is 28.7 Å². The third kappa shape index (κ3) is 7.18. The summed E-state index contributed by atoms with van der Waals surface area (Å²) in [6, 6.07) is 1.50. The van der Waals surface area contributed by atoms with Crippen LogP contribution in [0.3, 0.4) is 0 Å². The van der Waals surface area contributed by atoms with E-state index in [2.05, 4.69) is 17.2 Å². The molecular weight excluding hydrogens is 488 g/mol. The van der Waals surface area contributed by atoms with Gasteiger partial charge in [0.1, 0.15) is 23.3 Å². The van der Waals surface area contributed by atoms with Crippen LogP contribution in [0.4, 0.5) is 15.7 Å². The molecule has 2 amide bonds. The molecule has 0 aliphatic carbocycles. The molecule has 9 nitrogen and oxygen atoms in total. The van der Waals surface area contributed by atoms with E-state index in [0.29, 0.717) is 26.1 Å². The predicted molar refractivity (Wildman–Crippen MR) is 145 cm³/mol. The van der Waals surface area contributed by atoms with Crippen molar-refractivity contribution in [3.8, 4) is 0 Å². The van der Waals surface area contributed by atoms with E-state index in [9.17, 15) is 9.59 Å². The number of carbonyl (C=O) groups is 2. The van der Waals surface area contributed by atoms with Crippen molar-refractivity contribution in [3.63, 3.8) is 0 Å². The molecule has 0 bridgehead atoms. The van der Waals surface area contributed by atoms with Gasteiger partial charge in [-0.15, -0.1) is 11.3 Å². The fourth-order valence-corrected chi connectivity index (χ4v) is 5.89. The maximum absolute atomic E-state index is 13.5. The van der Waals surface area contributed by atoms with Crippen LogP contribution in [0.2, 0.25) is 0 Å². The molecule has 0 aromatic carbocycles. The van der Waals surface area contributed by atoms with E-state index < -0.39 is 17.7 Å². The largest absolute Gasteiger partial charge is 0.444 e. The first-order valence-electron chi connectivity index (χ1n) is 13.5. The van der Waals surface area contributed by atoms with Crippen molar-refractivity contribution in [2.24, 2.45) is 0 Å². The molecule has 2 aromatic rings. The zero-order valence-corrected chi connectivity index (χ0v) is 23.6. The Morgan fingerprint density at radius 2 is 1.89 bits per heavy atom. The number of ether oxygens (including phenoxy) is 1. The highest BCUT2D eigenvalue weighted by atomic mass is 32.1. The minimum Gasteiger partial charge on any atom is -0.444 e. The third-order valence-electron chi connectivity index (χ3n) is 6.74. The van der Waals surface area contributed by atoms with Gasteiger partial charge in [0, 0.05) is 48.4 Å². The van der Waals surface area contributed by atoms with Crippen molar-refractivity contribution in [2.45, 2.75) is 97.1 Å². The maximum Gasteiger partial charge on any atom is 0.410 e. The molecule has 2 aromatic heterocycles. The number of rotatable bonds is 6. The number of hydrogen-bond acceptors (Lipinski definition) is 8. The highest BCUT2D eigenvalue weighted by molar-refractivity contribution is 7.15. The van der Waals surface area contributed by atoms with Crippen LogP contribution in [0.15, 0.2) is 12.3 Å². The molecule has 0 spiro atoms. The molecule has 0 unspecified atom stereocenters. The molecule has 2 fully saturated rings. The lowest BCUT2D eigenvalue weighted by molar-refractivity contribution is -0.139. The minimum absolute atomic E-state index is 0.0307. The van der Waals surface area contributed by atoms with Crippen molar-refractivity contribution >= 4 is 34.3 Å². The highest BCUT2D eigenvalue weighted by Crippen LogP contribution is 2.30. The summed E-state index contributed by atoms with van der Waals surface area (Å²) < 4.78 is 5.59. The zero-order valence-electron chi connectivity index (χ0n) is 22.7. The van der Waals surface area contributed by atoms with Gasteiger partial charge in [-0.2, -0.15) is 0 Å². The lowest BCUT2D eigenvalue weighted by Crippen LogP contribution is -2.55. The first kappa shape index (κ1) is 27.3. The van der Waals surface area contributed by atoms with Crippen molar-refractivity contribution < 1.29 is 14.3 Å². The summed E-state index contributed by atoms with van der Waals surface area (Å²) in [5.41, 5.74) is 0.325. The second kappa shape index (κ2) is 11.8. The molecule has 2 aliphatic rings. The van der Waals surface area contributed by atoms with Crippen molar-refractivity contribution in [2.75, 3.05) is 25.0 Å². The Bertz CT molecular complexity index is 1090. The van der Waals surface area contributed by atoms with E-state index >= 15 is 0 Å². The van der Waals surface area contributed by atoms with Crippen molar-refractivity contribution in [1.82, 2.24) is 24.8 Å². The Morgan fingerprint density at radius 1 is 1.14 bits per heavy atom. The van der Waals surface area contributed by atoms with Crippen LogP contribution in [0.25, 0.3) is 0 Å². The Kier molecular flexibility index (Phi) is 8.67. The van der Waals surface area contributed by atoms with Crippen LogP contribution in [0.1, 0.15) is 88.5 Å². The number of nitrogens with zero attached hydrogens (tertiary/aromatic N) is 5. The smallest absolute Gasteiger partial charge is 0.410 e. The van der Waals surface area contributed by atoms with E-state index in [1.807, 2.05) is 44.9 Å². The third-order valence-corrected chi connectivity index (χ3v) is 7.72. The van der Waals surface area contributed by atoms with E-state index in [1.54, 1.807) is 16.2 Å². The second-order valence-corrected chi connectivity index (χ2v) is 12.2. The van der Waals surface area contributed by atoms with Gasteiger partial charge in [0.2, 0.25) is 5.91 Å². The van der Waals surface area contributed by atoms with Gasteiger partial charge in [-0.05, 0) is 66.2 Å². The SMILES string of the molecule is CCCc1cnc(Nc2cc(C)nc(C3CCN(C(=O)[C@@H]4CCCCN4C(=O)OC(C)(C)C)CC3)n2)s1. The molecule has 4 rings (SSSR count). The van der Waals surface area contributed by atoms with Crippen LogP contribution in [-0.2, 0) is 16.0 Å². The summed E-state index contributed by atoms with van der Waals surface area (Å²) in [5, 5.41) is 4.19. The Morgan fingerprint density at radius 3 is 2.59 bits per heavy atom. The molecule has 37 heavy (non-hydrogen) atoms. The lowest BCUT2D eigenvalue weighted by Gasteiger charge is -2.40. The van der Waals surface area contributed by atoms with Gasteiger partial charge in [-0.25, -0.2) is 19.7 Å². The van der Waals surface area contributed by atoms with Gasteiger partial charge in [0.05, 0.1) is 0 Å². The monoisotopic (exact) mass is 528 g/mol. The average molecular weight is 529 g/mol. The van der Waals surface area contributed by atoms with Gasteiger partial charge >= 0.3 is 6.09 Å². The Labute approximate surface area is 224 Å². The first-order chi connectivity index (χ1) is 17.6. The summed E-state index contributed by atoms with van der Waals surface area (Å²) in [4.78, 5) is 45.1. The predicted octanol–water partition coefficient (Wildman–Crippen LogP) is 5.43. The van der Waals surface area contributed by atoms with Gasteiger partial charge < -0.3 is 15.0 Å². The number of aromatic nitrogens is 3. The Balaban J connectivity index is 1.38. The molecule has 1 atom stereocenters. The van der Waals surface area contributed by atoms with E-state index in [4.69, 9.17) is 14.7 Å². The lowest BCUT2D eigenvalue weighted by atomic mass is 9.94. The number of carbonyl (C=O) groups excluding carboxylic acids is 2. The van der Waals surface area contributed by atoms with Crippen molar-refractivity contribution in [1.29, 1.82) is 0 Å². The normalized spacial score (nSPS) is 19.1.